The Bertz CT molecular complexity index is 1210. The Morgan fingerprint density at radius 1 is 1.13 bits per heavy atom. The molecule has 3 aromatic rings. The Balaban J connectivity index is 1.56. The second kappa shape index (κ2) is 7.59. The number of phenols is 1. The first-order chi connectivity index (χ1) is 15.0. The number of aromatic hydroxyl groups is 1. The fraction of sp³-hybridized carbons (Fsp3) is 0.174. The van der Waals surface area contributed by atoms with Crippen molar-refractivity contribution in [3.63, 3.8) is 0 Å². The number of halogens is 1. The molecular formula is C23H19ClN4O3. The number of nitrogens with one attached hydrogen (secondary N) is 2. The summed E-state index contributed by atoms with van der Waals surface area (Å²) in [5, 5.41) is 20.9. The first-order valence-corrected chi connectivity index (χ1v) is 10.4. The highest BCUT2D eigenvalue weighted by Gasteiger charge is 2.37. The van der Waals surface area contributed by atoms with E-state index >= 15 is 0 Å². The van der Waals surface area contributed by atoms with E-state index in [0.717, 1.165) is 24.1 Å². The summed E-state index contributed by atoms with van der Waals surface area (Å²) in [5.41, 5.74) is 3.30. The van der Waals surface area contributed by atoms with Crippen molar-refractivity contribution in [1.82, 2.24) is 9.78 Å². The van der Waals surface area contributed by atoms with Crippen molar-refractivity contribution in [2.45, 2.75) is 25.3 Å². The van der Waals surface area contributed by atoms with Crippen LogP contribution in [0.3, 0.4) is 0 Å². The third-order valence-electron chi connectivity index (χ3n) is 5.59. The minimum absolute atomic E-state index is 0.0696. The Labute approximate surface area is 183 Å². The number of aromatic nitrogens is 2. The van der Waals surface area contributed by atoms with Crippen molar-refractivity contribution in [3.8, 4) is 5.75 Å². The molecule has 1 aromatic heterocycles. The number of nitrogens with zero attached hydrogens (tertiary/aromatic N) is 2. The van der Waals surface area contributed by atoms with Crippen LogP contribution in [0.5, 0.6) is 5.75 Å². The van der Waals surface area contributed by atoms with Gasteiger partial charge in [0.1, 0.15) is 23.2 Å². The monoisotopic (exact) mass is 434 g/mol. The lowest BCUT2D eigenvalue weighted by Crippen LogP contribution is -2.32. The van der Waals surface area contributed by atoms with E-state index in [1.54, 1.807) is 53.2 Å². The number of amides is 1. The van der Waals surface area contributed by atoms with E-state index in [1.165, 1.54) is 6.20 Å². The molecule has 156 valence electrons. The molecule has 5 rings (SSSR count). The normalized spacial score (nSPS) is 17.6. The summed E-state index contributed by atoms with van der Waals surface area (Å²) in [6.07, 6.45) is 3.46. The molecule has 2 heterocycles. The number of Topliss-reactive ketones (excluding diaryl/α,β-unsaturated/α-hetero) is 1. The number of ketones is 1. The summed E-state index contributed by atoms with van der Waals surface area (Å²) in [4.78, 5) is 25.8. The van der Waals surface area contributed by atoms with Gasteiger partial charge >= 0.3 is 0 Å². The van der Waals surface area contributed by atoms with Gasteiger partial charge in [-0.25, -0.2) is 4.68 Å². The van der Waals surface area contributed by atoms with Gasteiger partial charge in [0.05, 0.1) is 6.20 Å². The van der Waals surface area contributed by atoms with E-state index in [4.69, 9.17) is 11.6 Å². The number of allylic oxidation sites excluding steroid dienone is 2. The van der Waals surface area contributed by atoms with Gasteiger partial charge in [0.15, 0.2) is 5.78 Å². The Hall–Kier alpha value is -3.58. The van der Waals surface area contributed by atoms with Gasteiger partial charge in [-0.3, -0.25) is 9.59 Å². The number of hydrogen-bond donors (Lipinski definition) is 3. The topological polar surface area (TPSA) is 96.2 Å². The molecule has 0 saturated carbocycles. The van der Waals surface area contributed by atoms with E-state index in [-0.39, 0.29) is 17.4 Å². The molecule has 8 heteroatoms. The van der Waals surface area contributed by atoms with Gasteiger partial charge in [0.25, 0.3) is 5.91 Å². The largest absolute Gasteiger partial charge is 0.508 e. The first-order valence-electron chi connectivity index (χ1n) is 9.98. The van der Waals surface area contributed by atoms with Crippen LogP contribution in [0.15, 0.2) is 66.0 Å². The molecule has 0 radical (unpaired) electrons. The fourth-order valence-corrected chi connectivity index (χ4v) is 4.25. The maximum Gasteiger partial charge on any atom is 0.261 e. The summed E-state index contributed by atoms with van der Waals surface area (Å²) in [7, 11) is 0. The number of rotatable bonds is 3. The molecule has 1 amide bonds. The Morgan fingerprint density at radius 3 is 2.61 bits per heavy atom. The highest BCUT2D eigenvalue weighted by atomic mass is 35.5. The SMILES string of the molecule is O=C1CCCC2=C1C(c1ccc(O)cc1)n1ncc(C(=O)Nc3ccc(Cl)cc3)c1N2. The molecule has 2 aliphatic rings. The molecule has 1 atom stereocenters. The van der Waals surface area contributed by atoms with Gasteiger partial charge in [-0.15, -0.1) is 0 Å². The van der Waals surface area contributed by atoms with Crippen molar-refractivity contribution in [2.75, 3.05) is 10.6 Å². The summed E-state index contributed by atoms with van der Waals surface area (Å²) in [6.45, 7) is 0. The lowest BCUT2D eigenvalue weighted by molar-refractivity contribution is -0.116. The van der Waals surface area contributed by atoms with Crippen molar-refractivity contribution in [2.24, 2.45) is 0 Å². The van der Waals surface area contributed by atoms with Gasteiger partial charge in [-0.05, 0) is 54.8 Å². The number of hydrogen-bond acceptors (Lipinski definition) is 5. The van der Waals surface area contributed by atoms with Gasteiger partial charge in [0, 0.05) is 28.4 Å². The lowest BCUT2D eigenvalue weighted by Gasteiger charge is -2.33. The van der Waals surface area contributed by atoms with E-state index < -0.39 is 6.04 Å². The van der Waals surface area contributed by atoms with Crippen LogP contribution < -0.4 is 10.6 Å². The molecule has 0 saturated heterocycles. The number of benzene rings is 2. The third kappa shape index (κ3) is 3.47. The molecule has 0 spiro atoms. The zero-order chi connectivity index (χ0) is 21.5. The van der Waals surface area contributed by atoms with Crippen LogP contribution in [0.1, 0.15) is 41.2 Å². The predicted molar refractivity (Wildman–Crippen MR) is 117 cm³/mol. The van der Waals surface area contributed by atoms with Gasteiger partial charge in [0.2, 0.25) is 0 Å². The number of carbonyl (C=O) groups excluding carboxylic acids is 2. The summed E-state index contributed by atoms with van der Waals surface area (Å²) < 4.78 is 1.67. The molecule has 0 fully saturated rings. The molecule has 31 heavy (non-hydrogen) atoms. The molecule has 3 N–H and O–H groups in total. The van der Waals surface area contributed by atoms with Crippen LogP contribution in [0.25, 0.3) is 0 Å². The summed E-state index contributed by atoms with van der Waals surface area (Å²) >= 11 is 5.92. The summed E-state index contributed by atoms with van der Waals surface area (Å²) in [5.74, 6) is 0.440. The molecule has 1 unspecified atom stereocenters. The average molecular weight is 435 g/mol. The van der Waals surface area contributed by atoms with Crippen LogP contribution in [0.4, 0.5) is 11.5 Å². The smallest absolute Gasteiger partial charge is 0.261 e. The number of anilines is 2. The minimum Gasteiger partial charge on any atom is -0.508 e. The Morgan fingerprint density at radius 2 is 1.87 bits per heavy atom. The van der Waals surface area contributed by atoms with Crippen LogP contribution in [0.2, 0.25) is 5.02 Å². The Kier molecular flexibility index (Phi) is 4.75. The molecular weight excluding hydrogens is 416 g/mol. The van der Waals surface area contributed by atoms with Crippen LogP contribution >= 0.6 is 11.6 Å². The average Bonchev–Trinajstić information content (AvgIpc) is 3.18. The van der Waals surface area contributed by atoms with Crippen LogP contribution in [-0.4, -0.2) is 26.6 Å². The van der Waals surface area contributed by atoms with Crippen molar-refractivity contribution < 1.29 is 14.7 Å². The van der Waals surface area contributed by atoms with Gasteiger partial charge in [-0.2, -0.15) is 5.10 Å². The van der Waals surface area contributed by atoms with Gasteiger partial charge in [-0.1, -0.05) is 23.7 Å². The van der Waals surface area contributed by atoms with Crippen LogP contribution in [0, 0.1) is 0 Å². The van der Waals surface area contributed by atoms with Gasteiger partial charge < -0.3 is 15.7 Å². The predicted octanol–water partition coefficient (Wildman–Crippen LogP) is 4.52. The fourth-order valence-electron chi connectivity index (χ4n) is 4.12. The van der Waals surface area contributed by atoms with E-state index in [0.29, 0.717) is 34.1 Å². The number of carbonyl (C=O) groups is 2. The van der Waals surface area contributed by atoms with Crippen molar-refractivity contribution >= 4 is 34.8 Å². The van der Waals surface area contributed by atoms with E-state index in [1.807, 2.05) is 0 Å². The second-order valence-electron chi connectivity index (χ2n) is 7.60. The summed E-state index contributed by atoms with van der Waals surface area (Å²) in [6, 6.07) is 13.1. The molecule has 0 bridgehead atoms. The minimum atomic E-state index is -0.461. The molecule has 1 aliphatic heterocycles. The van der Waals surface area contributed by atoms with E-state index in [2.05, 4.69) is 15.7 Å². The third-order valence-corrected chi connectivity index (χ3v) is 5.85. The molecule has 7 nitrogen and oxygen atoms in total. The molecule has 1 aliphatic carbocycles. The molecule has 2 aromatic carbocycles. The van der Waals surface area contributed by atoms with Crippen molar-refractivity contribution in [1.29, 1.82) is 0 Å². The second-order valence-corrected chi connectivity index (χ2v) is 8.04. The quantitative estimate of drug-likeness (QED) is 0.563. The highest BCUT2D eigenvalue weighted by Crippen LogP contribution is 2.41. The first kappa shape index (κ1) is 19.4. The standard InChI is InChI=1S/C23H19ClN4O3/c24-14-6-8-15(9-7-14)26-23(31)17-12-25-28-21(13-4-10-16(29)11-5-13)20-18(27-22(17)28)2-1-3-19(20)30/h4-12,21,27,29H,1-3H2,(H,26,31). The number of fused-ring (bicyclic) bond motifs is 1. The number of phenolic OH excluding ortho intramolecular Hbond substituents is 1. The van der Waals surface area contributed by atoms with Crippen LogP contribution in [-0.2, 0) is 4.79 Å². The van der Waals surface area contributed by atoms with E-state index in [9.17, 15) is 14.7 Å². The zero-order valence-corrected chi connectivity index (χ0v) is 17.2. The highest BCUT2D eigenvalue weighted by molar-refractivity contribution is 6.30. The van der Waals surface area contributed by atoms with Crippen molar-refractivity contribution in [3.05, 3.63) is 82.1 Å². The maximum atomic E-state index is 13.0. The maximum absolute atomic E-state index is 13.0. The lowest BCUT2D eigenvalue weighted by atomic mass is 9.85. The zero-order valence-electron chi connectivity index (χ0n) is 16.4.